The van der Waals surface area contributed by atoms with Crippen molar-refractivity contribution < 1.29 is 14.3 Å². The zero-order chi connectivity index (χ0) is 23.4. The number of nitrogens with one attached hydrogen (secondary N) is 1. The zero-order valence-electron chi connectivity index (χ0n) is 18.1. The monoisotopic (exact) mass is 483 g/mol. The highest BCUT2D eigenvalue weighted by atomic mass is 35.5. The van der Waals surface area contributed by atoms with Crippen molar-refractivity contribution in [2.75, 3.05) is 30.4 Å². The van der Waals surface area contributed by atoms with E-state index in [4.69, 9.17) is 27.9 Å². The third-order valence-corrected chi connectivity index (χ3v) is 6.18. The molecule has 3 aromatic rings. The van der Waals surface area contributed by atoms with Gasteiger partial charge < -0.3 is 15.0 Å². The highest BCUT2D eigenvalue weighted by Gasteiger charge is 2.27. The van der Waals surface area contributed by atoms with Crippen LogP contribution in [-0.2, 0) is 6.54 Å². The summed E-state index contributed by atoms with van der Waals surface area (Å²) in [7, 11) is 1.63. The Labute approximate surface area is 202 Å². The average molecular weight is 484 g/mol. The molecule has 1 aliphatic rings. The van der Waals surface area contributed by atoms with Gasteiger partial charge >= 0.3 is 6.03 Å². The fourth-order valence-electron chi connectivity index (χ4n) is 3.72. The van der Waals surface area contributed by atoms with Gasteiger partial charge in [0, 0.05) is 36.6 Å². The van der Waals surface area contributed by atoms with Gasteiger partial charge in [-0.05, 0) is 66.6 Å². The molecule has 1 saturated heterocycles. The van der Waals surface area contributed by atoms with Crippen molar-refractivity contribution in [2.45, 2.75) is 13.0 Å². The molecule has 0 spiro atoms. The summed E-state index contributed by atoms with van der Waals surface area (Å²) in [5.74, 6) is 0.479. The lowest BCUT2D eigenvalue weighted by Crippen LogP contribution is -2.49. The second kappa shape index (κ2) is 10.1. The molecule has 1 heterocycles. The van der Waals surface area contributed by atoms with Crippen molar-refractivity contribution in [1.82, 2.24) is 4.90 Å². The van der Waals surface area contributed by atoms with Crippen LogP contribution >= 0.6 is 23.2 Å². The van der Waals surface area contributed by atoms with Gasteiger partial charge in [-0.1, -0.05) is 35.3 Å². The summed E-state index contributed by atoms with van der Waals surface area (Å²) in [6.45, 7) is 1.86. The number of carbonyl (C=O) groups excluding carboxylic acids is 2. The molecule has 0 aliphatic carbocycles. The van der Waals surface area contributed by atoms with E-state index in [1.165, 1.54) is 6.07 Å². The van der Waals surface area contributed by atoms with Gasteiger partial charge in [0.25, 0.3) is 5.91 Å². The summed E-state index contributed by atoms with van der Waals surface area (Å²) < 4.78 is 5.28. The van der Waals surface area contributed by atoms with E-state index in [2.05, 4.69) is 5.32 Å². The molecule has 0 aromatic heterocycles. The number of hydrogen-bond acceptors (Lipinski definition) is 3. The summed E-state index contributed by atoms with van der Waals surface area (Å²) in [6.07, 6.45) is 0.867. The first-order valence-corrected chi connectivity index (χ1v) is 11.3. The van der Waals surface area contributed by atoms with Gasteiger partial charge in [-0.2, -0.15) is 0 Å². The first kappa shape index (κ1) is 23.0. The molecule has 1 fully saturated rings. The van der Waals surface area contributed by atoms with Crippen molar-refractivity contribution in [3.05, 3.63) is 87.9 Å². The molecule has 170 valence electrons. The fourth-order valence-corrected chi connectivity index (χ4v) is 4.02. The average Bonchev–Trinajstić information content (AvgIpc) is 2.83. The number of amides is 3. The quantitative estimate of drug-likeness (QED) is 0.461. The maximum Gasteiger partial charge on any atom is 0.324 e. The lowest BCUT2D eigenvalue weighted by molar-refractivity contribution is 0.102. The number of methoxy groups -OCH3 is 1. The first-order chi connectivity index (χ1) is 15.9. The normalized spacial score (nSPS) is 13.7. The molecular formula is C25H23Cl2N3O3. The van der Waals surface area contributed by atoms with E-state index in [1.54, 1.807) is 36.3 Å². The third-order valence-electron chi connectivity index (χ3n) is 5.44. The van der Waals surface area contributed by atoms with Crippen molar-refractivity contribution in [1.29, 1.82) is 0 Å². The first-order valence-electron chi connectivity index (χ1n) is 10.5. The molecule has 1 N–H and O–H groups in total. The van der Waals surface area contributed by atoms with Gasteiger partial charge in [-0.15, -0.1) is 0 Å². The van der Waals surface area contributed by atoms with Gasteiger partial charge in [0.2, 0.25) is 0 Å². The minimum atomic E-state index is -0.292. The van der Waals surface area contributed by atoms with Crippen LogP contribution in [0, 0.1) is 0 Å². The van der Waals surface area contributed by atoms with Crippen molar-refractivity contribution in [2.24, 2.45) is 0 Å². The fraction of sp³-hybridized carbons (Fsp3) is 0.200. The molecule has 33 heavy (non-hydrogen) atoms. The van der Waals surface area contributed by atoms with Crippen LogP contribution in [0.25, 0.3) is 0 Å². The van der Waals surface area contributed by atoms with Gasteiger partial charge in [0.15, 0.2) is 0 Å². The highest BCUT2D eigenvalue weighted by Crippen LogP contribution is 2.26. The Morgan fingerprint density at radius 3 is 2.52 bits per heavy atom. The van der Waals surface area contributed by atoms with Crippen LogP contribution in [-0.4, -0.2) is 37.0 Å². The van der Waals surface area contributed by atoms with Gasteiger partial charge in [-0.25, -0.2) is 4.79 Å². The number of hydrogen-bond donors (Lipinski definition) is 1. The third kappa shape index (κ3) is 5.41. The zero-order valence-corrected chi connectivity index (χ0v) is 19.6. The molecule has 6 nitrogen and oxygen atoms in total. The molecule has 8 heteroatoms. The summed E-state index contributed by atoms with van der Waals surface area (Å²) in [5.41, 5.74) is 2.83. The minimum Gasteiger partial charge on any atom is -0.497 e. The van der Waals surface area contributed by atoms with Crippen LogP contribution in [0.2, 0.25) is 10.0 Å². The highest BCUT2D eigenvalue weighted by molar-refractivity contribution is 6.42. The summed E-state index contributed by atoms with van der Waals surface area (Å²) >= 11 is 11.9. The van der Waals surface area contributed by atoms with Crippen LogP contribution in [0.15, 0.2) is 66.7 Å². The Balaban J connectivity index is 1.42. The van der Waals surface area contributed by atoms with Crippen LogP contribution in [0.1, 0.15) is 22.3 Å². The summed E-state index contributed by atoms with van der Waals surface area (Å²) in [5, 5.41) is 3.55. The molecule has 3 aromatic carbocycles. The lowest BCUT2D eigenvalue weighted by Gasteiger charge is -2.35. The molecule has 0 atom stereocenters. The van der Waals surface area contributed by atoms with E-state index in [0.717, 1.165) is 23.4 Å². The minimum absolute atomic E-state index is 0.0448. The smallest absolute Gasteiger partial charge is 0.324 e. The van der Waals surface area contributed by atoms with Gasteiger partial charge in [0.1, 0.15) is 5.75 Å². The van der Waals surface area contributed by atoms with E-state index in [9.17, 15) is 9.59 Å². The molecule has 1 aliphatic heterocycles. The summed E-state index contributed by atoms with van der Waals surface area (Å²) in [6, 6.07) is 19.6. The van der Waals surface area contributed by atoms with E-state index in [-0.39, 0.29) is 11.9 Å². The molecule has 3 amide bonds. The van der Waals surface area contributed by atoms with Gasteiger partial charge in [-0.3, -0.25) is 9.69 Å². The van der Waals surface area contributed by atoms with Crippen LogP contribution < -0.4 is 15.0 Å². The molecule has 0 radical (unpaired) electrons. The number of nitrogens with zero attached hydrogens (tertiary/aromatic N) is 2. The van der Waals surface area contributed by atoms with Crippen LogP contribution in [0.4, 0.5) is 16.2 Å². The largest absolute Gasteiger partial charge is 0.497 e. The number of halogens is 2. The van der Waals surface area contributed by atoms with Crippen molar-refractivity contribution in [3.8, 4) is 5.75 Å². The molecule has 4 rings (SSSR count). The van der Waals surface area contributed by atoms with Crippen LogP contribution in [0.3, 0.4) is 0 Å². The second-order valence-corrected chi connectivity index (χ2v) is 8.51. The van der Waals surface area contributed by atoms with E-state index in [1.807, 2.05) is 41.3 Å². The van der Waals surface area contributed by atoms with Gasteiger partial charge in [0.05, 0.1) is 17.2 Å². The number of rotatable bonds is 6. The second-order valence-electron chi connectivity index (χ2n) is 7.69. The Kier molecular flexibility index (Phi) is 7.06. The Morgan fingerprint density at radius 2 is 1.79 bits per heavy atom. The molecule has 0 bridgehead atoms. The number of urea groups is 1. The summed E-state index contributed by atoms with van der Waals surface area (Å²) in [4.78, 5) is 29.2. The predicted octanol–water partition coefficient (Wildman–Crippen LogP) is 6.09. The predicted molar refractivity (Wildman–Crippen MR) is 132 cm³/mol. The van der Waals surface area contributed by atoms with E-state index < -0.39 is 0 Å². The topological polar surface area (TPSA) is 61.9 Å². The number of anilines is 2. The lowest BCUT2D eigenvalue weighted by atomic mass is 10.1. The van der Waals surface area contributed by atoms with E-state index >= 15 is 0 Å². The van der Waals surface area contributed by atoms with E-state index in [0.29, 0.717) is 40.9 Å². The number of carbonyl (C=O) groups is 2. The molecular weight excluding hydrogens is 461 g/mol. The van der Waals surface area contributed by atoms with Crippen molar-refractivity contribution in [3.63, 3.8) is 0 Å². The Morgan fingerprint density at radius 1 is 1.00 bits per heavy atom. The molecule has 0 unspecified atom stereocenters. The SMILES string of the molecule is COc1cccc(CN2CCCN(c3ccc(NC(=O)c4ccc(Cl)c(Cl)c4)cc3)C2=O)c1. The maximum atomic E-state index is 13.1. The molecule has 0 saturated carbocycles. The standard InChI is InChI=1S/C25H23Cl2N3O3/c1-33-21-5-2-4-17(14-21)16-29-12-3-13-30(25(29)32)20-9-7-19(8-10-20)28-24(31)18-6-11-22(26)23(27)15-18/h2,4-11,14-15H,3,12-13,16H2,1H3,(H,28,31). The number of benzene rings is 3. The maximum absolute atomic E-state index is 13.1. The van der Waals surface area contributed by atoms with Crippen LogP contribution in [0.5, 0.6) is 5.75 Å². The van der Waals surface area contributed by atoms with Crippen molar-refractivity contribution >= 4 is 46.5 Å². The Hall–Kier alpha value is -3.22. The number of ether oxygens (including phenoxy) is 1. The Bertz CT molecular complexity index is 1170.